The van der Waals surface area contributed by atoms with Crippen molar-refractivity contribution in [2.24, 2.45) is 11.3 Å². The smallest absolute Gasteiger partial charge is 0.141 e. The van der Waals surface area contributed by atoms with Gasteiger partial charge in [-0.15, -0.1) is 0 Å². The molecule has 0 aromatic heterocycles. The third-order valence-electron chi connectivity index (χ3n) is 4.13. The van der Waals surface area contributed by atoms with Crippen LogP contribution in [0.25, 0.3) is 0 Å². The number of hydrogen-bond acceptors (Lipinski definition) is 2. The molecule has 0 spiro atoms. The Balaban J connectivity index is 2.27. The van der Waals surface area contributed by atoms with Gasteiger partial charge < -0.3 is 5.11 Å². The normalized spacial score (nSPS) is 45.8. The van der Waals surface area contributed by atoms with Crippen LogP contribution in [0.15, 0.2) is 0 Å². The van der Waals surface area contributed by atoms with Gasteiger partial charge in [0.2, 0.25) is 0 Å². The Labute approximate surface area is 79.3 Å². The number of aliphatic hydroxyl groups is 1. The number of fused-ring (bicyclic) bond motifs is 1. The molecule has 2 rings (SSSR count). The van der Waals surface area contributed by atoms with E-state index in [9.17, 15) is 9.90 Å². The summed E-state index contributed by atoms with van der Waals surface area (Å²) in [6.07, 6.45) is 5.53. The van der Waals surface area contributed by atoms with Crippen LogP contribution in [0.2, 0.25) is 0 Å². The van der Waals surface area contributed by atoms with Crippen molar-refractivity contribution in [1.82, 2.24) is 0 Å². The van der Waals surface area contributed by atoms with Crippen LogP contribution in [0, 0.1) is 11.3 Å². The Hall–Kier alpha value is -0.370. The molecule has 2 aliphatic carbocycles. The lowest BCUT2D eigenvalue weighted by atomic mass is 9.58. The van der Waals surface area contributed by atoms with Crippen LogP contribution in [-0.4, -0.2) is 17.0 Å². The first-order chi connectivity index (χ1) is 6.15. The zero-order chi connectivity index (χ0) is 9.47. The summed E-state index contributed by atoms with van der Waals surface area (Å²) in [7, 11) is 0. The van der Waals surface area contributed by atoms with Crippen molar-refractivity contribution < 1.29 is 9.90 Å². The highest BCUT2D eigenvalue weighted by Gasteiger charge is 2.49. The van der Waals surface area contributed by atoms with Gasteiger partial charge in [0, 0.05) is 6.42 Å². The van der Waals surface area contributed by atoms with Crippen molar-refractivity contribution in [3.05, 3.63) is 0 Å². The van der Waals surface area contributed by atoms with Crippen molar-refractivity contribution in [3.63, 3.8) is 0 Å². The summed E-state index contributed by atoms with van der Waals surface area (Å²) in [4.78, 5) is 11.8. The van der Waals surface area contributed by atoms with Crippen LogP contribution in [0.1, 0.15) is 45.4 Å². The molecule has 0 bridgehead atoms. The van der Waals surface area contributed by atoms with Crippen molar-refractivity contribution in [2.75, 3.05) is 0 Å². The summed E-state index contributed by atoms with van der Waals surface area (Å²) in [5.41, 5.74) is -0.392. The summed E-state index contributed by atoms with van der Waals surface area (Å²) >= 11 is 0. The number of hydrogen-bond donors (Lipinski definition) is 1. The molecule has 13 heavy (non-hydrogen) atoms. The van der Waals surface area contributed by atoms with Crippen molar-refractivity contribution in [3.8, 4) is 0 Å². The quantitative estimate of drug-likeness (QED) is 0.621. The molecule has 0 aromatic carbocycles. The lowest BCUT2D eigenvalue weighted by molar-refractivity contribution is -0.148. The first kappa shape index (κ1) is 9.20. The number of carbonyl (C=O) groups is 1. The number of Topliss-reactive ketones (excluding diaryl/α,β-unsaturated/α-hetero) is 1. The molecule has 2 nitrogen and oxygen atoms in total. The fourth-order valence-electron chi connectivity index (χ4n) is 3.07. The van der Waals surface area contributed by atoms with Crippen LogP contribution in [0.3, 0.4) is 0 Å². The lowest BCUT2D eigenvalue weighted by Gasteiger charge is -2.46. The van der Waals surface area contributed by atoms with Crippen molar-refractivity contribution in [1.29, 1.82) is 0 Å². The topological polar surface area (TPSA) is 37.3 Å². The predicted molar refractivity (Wildman–Crippen MR) is 50.3 cm³/mol. The molecule has 0 aliphatic heterocycles. The van der Waals surface area contributed by atoms with Crippen LogP contribution in [0.4, 0.5) is 0 Å². The Morgan fingerprint density at radius 1 is 1.31 bits per heavy atom. The summed E-state index contributed by atoms with van der Waals surface area (Å²) in [5.74, 6) is 0.758. The molecular weight excluding hydrogens is 164 g/mol. The second kappa shape index (κ2) is 3.09. The molecule has 0 amide bonds. The highest BCUT2D eigenvalue weighted by molar-refractivity contribution is 5.86. The maximum Gasteiger partial charge on any atom is 0.141 e. The summed E-state index contributed by atoms with van der Waals surface area (Å²) in [6, 6.07) is 0. The molecule has 0 aromatic rings. The first-order valence-electron chi connectivity index (χ1n) is 5.37. The third-order valence-corrected chi connectivity index (χ3v) is 4.13. The van der Waals surface area contributed by atoms with E-state index in [1.807, 2.05) is 6.92 Å². The van der Waals surface area contributed by atoms with Crippen molar-refractivity contribution in [2.45, 2.75) is 51.6 Å². The van der Waals surface area contributed by atoms with E-state index < -0.39 is 5.41 Å². The average molecular weight is 182 g/mol. The molecule has 2 heteroatoms. The SMILES string of the molecule is C[C@@]12C(=O)CCC[C@H]1CCC[C@@H]2O. The largest absolute Gasteiger partial charge is 0.392 e. The lowest BCUT2D eigenvalue weighted by Crippen LogP contribution is -2.50. The fourth-order valence-corrected chi connectivity index (χ4v) is 3.07. The van der Waals surface area contributed by atoms with E-state index in [-0.39, 0.29) is 6.10 Å². The molecule has 3 atom stereocenters. The van der Waals surface area contributed by atoms with Crippen molar-refractivity contribution >= 4 is 5.78 Å². The molecular formula is C11H18O2. The van der Waals surface area contributed by atoms with E-state index in [2.05, 4.69) is 0 Å². The average Bonchev–Trinajstić information content (AvgIpc) is 2.10. The Morgan fingerprint density at radius 2 is 2.00 bits per heavy atom. The molecule has 2 saturated carbocycles. The minimum Gasteiger partial charge on any atom is -0.392 e. The van der Waals surface area contributed by atoms with Gasteiger partial charge in [0.05, 0.1) is 11.5 Å². The fraction of sp³-hybridized carbons (Fsp3) is 0.909. The van der Waals surface area contributed by atoms with Crippen LogP contribution < -0.4 is 0 Å². The predicted octanol–water partition coefficient (Wildman–Crippen LogP) is 1.91. The number of aliphatic hydroxyl groups excluding tert-OH is 1. The Morgan fingerprint density at radius 3 is 2.69 bits per heavy atom. The van der Waals surface area contributed by atoms with E-state index in [0.29, 0.717) is 18.1 Å². The molecule has 2 aliphatic rings. The van der Waals surface area contributed by atoms with Crippen LogP contribution in [-0.2, 0) is 4.79 Å². The van der Waals surface area contributed by atoms with Gasteiger partial charge in [0.1, 0.15) is 5.78 Å². The molecule has 0 heterocycles. The highest BCUT2D eigenvalue weighted by Crippen LogP contribution is 2.47. The summed E-state index contributed by atoms with van der Waals surface area (Å²) in [5, 5.41) is 9.91. The number of ketones is 1. The van der Waals surface area contributed by atoms with Gasteiger partial charge in [-0.2, -0.15) is 0 Å². The molecule has 2 fully saturated rings. The van der Waals surface area contributed by atoms with E-state index in [0.717, 1.165) is 32.1 Å². The Bertz CT molecular complexity index is 222. The van der Waals surface area contributed by atoms with Crippen LogP contribution >= 0.6 is 0 Å². The number of carbonyl (C=O) groups excluding carboxylic acids is 1. The number of rotatable bonds is 0. The molecule has 74 valence electrons. The zero-order valence-corrected chi connectivity index (χ0v) is 8.25. The van der Waals surface area contributed by atoms with E-state index >= 15 is 0 Å². The molecule has 0 radical (unpaired) electrons. The standard InChI is InChI=1S/C11H18O2/c1-11-8(4-2-6-9(11)12)5-3-7-10(11)13/h8-9,12H,2-7H2,1H3/t8-,9+,11-/m1/s1. The van der Waals surface area contributed by atoms with Gasteiger partial charge >= 0.3 is 0 Å². The molecule has 0 saturated heterocycles. The van der Waals surface area contributed by atoms with Gasteiger partial charge in [-0.1, -0.05) is 6.42 Å². The summed E-state index contributed by atoms with van der Waals surface area (Å²) in [6.45, 7) is 1.98. The molecule has 1 N–H and O–H groups in total. The Kier molecular flexibility index (Phi) is 2.18. The van der Waals surface area contributed by atoms with E-state index in [1.54, 1.807) is 0 Å². The third kappa shape index (κ3) is 1.23. The second-order valence-electron chi connectivity index (χ2n) is 4.74. The van der Waals surface area contributed by atoms with E-state index in [4.69, 9.17) is 0 Å². The van der Waals surface area contributed by atoms with Crippen LogP contribution in [0.5, 0.6) is 0 Å². The zero-order valence-electron chi connectivity index (χ0n) is 8.25. The highest BCUT2D eigenvalue weighted by atomic mass is 16.3. The minimum atomic E-state index is -0.392. The molecule has 0 unspecified atom stereocenters. The minimum absolute atomic E-state index is 0.302. The first-order valence-corrected chi connectivity index (χ1v) is 5.37. The van der Waals surface area contributed by atoms with Gasteiger partial charge in [-0.25, -0.2) is 0 Å². The van der Waals surface area contributed by atoms with Gasteiger partial charge in [-0.05, 0) is 38.5 Å². The van der Waals surface area contributed by atoms with E-state index in [1.165, 1.54) is 0 Å². The van der Waals surface area contributed by atoms with Gasteiger partial charge in [0.15, 0.2) is 0 Å². The maximum absolute atomic E-state index is 11.8. The monoisotopic (exact) mass is 182 g/mol. The maximum atomic E-state index is 11.8. The van der Waals surface area contributed by atoms with Gasteiger partial charge in [-0.3, -0.25) is 4.79 Å². The summed E-state index contributed by atoms with van der Waals surface area (Å²) < 4.78 is 0. The van der Waals surface area contributed by atoms with Gasteiger partial charge in [0.25, 0.3) is 0 Å². The second-order valence-corrected chi connectivity index (χ2v) is 4.74.